The maximum atomic E-state index is 12.5. The Balaban J connectivity index is 2.37. The summed E-state index contributed by atoms with van der Waals surface area (Å²) in [5.41, 5.74) is 0.620. The second kappa shape index (κ2) is 7.23. The van der Waals surface area contributed by atoms with E-state index in [4.69, 9.17) is 9.47 Å². The molecule has 0 aliphatic rings. The number of rotatable bonds is 5. The van der Waals surface area contributed by atoms with E-state index in [0.29, 0.717) is 15.8 Å². The fourth-order valence-electron chi connectivity index (χ4n) is 2.08. The molecule has 0 aromatic heterocycles. The van der Waals surface area contributed by atoms with Crippen LogP contribution in [0.25, 0.3) is 0 Å². The molecule has 0 saturated heterocycles. The maximum Gasteiger partial charge on any atom is 0.268 e. The number of amides is 1. The third kappa shape index (κ3) is 3.88. The van der Waals surface area contributed by atoms with E-state index in [-0.39, 0.29) is 16.2 Å². The van der Waals surface area contributed by atoms with Crippen LogP contribution >= 0.6 is 15.9 Å². The summed E-state index contributed by atoms with van der Waals surface area (Å²) in [5.74, 6) is -0.0732. The van der Waals surface area contributed by atoms with Gasteiger partial charge < -0.3 is 9.47 Å². The topological polar surface area (TPSA) is 81.7 Å². The smallest absolute Gasteiger partial charge is 0.268 e. The lowest BCUT2D eigenvalue weighted by molar-refractivity contribution is 0.0978. The molecule has 0 spiro atoms. The Morgan fingerprint density at radius 1 is 1.08 bits per heavy atom. The first-order valence-electron chi connectivity index (χ1n) is 6.84. The number of benzene rings is 2. The predicted molar refractivity (Wildman–Crippen MR) is 93.1 cm³/mol. The summed E-state index contributed by atoms with van der Waals surface area (Å²) < 4.78 is 37.8. The first-order chi connectivity index (χ1) is 11.3. The number of carbonyl (C=O) groups is 1. The van der Waals surface area contributed by atoms with E-state index in [2.05, 4.69) is 20.7 Å². The van der Waals surface area contributed by atoms with Gasteiger partial charge in [-0.1, -0.05) is 22.0 Å². The summed E-state index contributed by atoms with van der Waals surface area (Å²) in [5, 5.41) is 0. The van der Waals surface area contributed by atoms with Crippen molar-refractivity contribution in [2.45, 2.75) is 11.8 Å². The van der Waals surface area contributed by atoms with Crippen molar-refractivity contribution >= 4 is 31.9 Å². The van der Waals surface area contributed by atoms with Gasteiger partial charge in [0.05, 0.1) is 24.7 Å². The molecule has 8 heteroatoms. The van der Waals surface area contributed by atoms with Crippen LogP contribution in [0, 0.1) is 6.92 Å². The number of methoxy groups -OCH3 is 2. The molecule has 6 nitrogen and oxygen atoms in total. The van der Waals surface area contributed by atoms with Crippen LogP contribution in [0.3, 0.4) is 0 Å². The molecule has 0 aliphatic carbocycles. The summed E-state index contributed by atoms with van der Waals surface area (Å²) in [7, 11) is -1.15. The van der Waals surface area contributed by atoms with E-state index >= 15 is 0 Å². The predicted octanol–water partition coefficient (Wildman–Crippen LogP) is 2.89. The molecule has 0 saturated carbocycles. The van der Waals surface area contributed by atoms with E-state index in [1.54, 1.807) is 25.1 Å². The third-order valence-electron chi connectivity index (χ3n) is 3.32. The molecule has 0 bridgehead atoms. The van der Waals surface area contributed by atoms with Crippen LogP contribution in [-0.2, 0) is 10.0 Å². The van der Waals surface area contributed by atoms with Gasteiger partial charge in [-0.15, -0.1) is 0 Å². The molecular weight excluding hydrogens is 398 g/mol. The number of hydrogen-bond donors (Lipinski definition) is 1. The van der Waals surface area contributed by atoms with Gasteiger partial charge in [-0.25, -0.2) is 13.1 Å². The first-order valence-corrected chi connectivity index (χ1v) is 9.11. The standard InChI is InChI=1S/C16H16BrNO5S/c1-10-4-5-11(17)8-15(10)24(20,21)18-16(19)13-7-6-12(22-2)9-14(13)23-3/h4-9H,1-3H3,(H,18,19). The number of halogens is 1. The van der Waals surface area contributed by atoms with Crippen LogP contribution < -0.4 is 14.2 Å². The fraction of sp³-hybridized carbons (Fsp3) is 0.188. The van der Waals surface area contributed by atoms with Gasteiger partial charge in [-0.2, -0.15) is 0 Å². The maximum absolute atomic E-state index is 12.5. The number of sulfonamides is 1. The summed E-state index contributed by atoms with van der Waals surface area (Å²) in [6.07, 6.45) is 0. The Morgan fingerprint density at radius 3 is 2.42 bits per heavy atom. The van der Waals surface area contributed by atoms with Gasteiger partial charge in [0.1, 0.15) is 11.5 Å². The van der Waals surface area contributed by atoms with Crippen molar-refractivity contribution in [2.24, 2.45) is 0 Å². The Kier molecular flexibility index (Phi) is 5.51. The zero-order valence-corrected chi connectivity index (χ0v) is 15.7. The van der Waals surface area contributed by atoms with Crippen LogP contribution in [0.15, 0.2) is 45.8 Å². The number of aryl methyl sites for hydroxylation is 1. The van der Waals surface area contributed by atoms with E-state index in [9.17, 15) is 13.2 Å². The van der Waals surface area contributed by atoms with Gasteiger partial charge in [-0.3, -0.25) is 4.79 Å². The SMILES string of the molecule is COc1ccc(C(=O)NS(=O)(=O)c2cc(Br)ccc2C)c(OC)c1. The number of nitrogens with one attached hydrogen (secondary N) is 1. The minimum absolute atomic E-state index is 0.0257. The fourth-order valence-corrected chi connectivity index (χ4v) is 3.83. The second-order valence-corrected chi connectivity index (χ2v) is 7.48. The molecule has 2 rings (SSSR count). The van der Waals surface area contributed by atoms with Crippen molar-refractivity contribution in [3.63, 3.8) is 0 Å². The van der Waals surface area contributed by atoms with Crippen molar-refractivity contribution in [3.05, 3.63) is 52.0 Å². The quantitative estimate of drug-likeness (QED) is 0.814. The summed E-state index contributed by atoms with van der Waals surface area (Å²) in [4.78, 5) is 12.4. The highest BCUT2D eigenvalue weighted by Crippen LogP contribution is 2.25. The molecule has 0 unspecified atom stereocenters. The average molecular weight is 414 g/mol. The largest absolute Gasteiger partial charge is 0.497 e. The van der Waals surface area contributed by atoms with Gasteiger partial charge in [0.15, 0.2) is 0 Å². The molecule has 2 aromatic carbocycles. The minimum atomic E-state index is -4.02. The van der Waals surface area contributed by atoms with Crippen molar-refractivity contribution in [1.29, 1.82) is 0 Å². The lowest BCUT2D eigenvalue weighted by Crippen LogP contribution is -2.31. The average Bonchev–Trinajstić information content (AvgIpc) is 2.55. The first kappa shape index (κ1) is 18.3. The Hall–Kier alpha value is -2.06. The minimum Gasteiger partial charge on any atom is -0.497 e. The monoisotopic (exact) mass is 413 g/mol. The van der Waals surface area contributed by atoms with Crippen molar-refractivity contribution < 1.29 is 22.7 Å². The highest BCUT2D eigenvalue weighted by Gasteiger charge is 2.23. The Morgan fingerprint density at radius 2 is 1.79 bits per heavy atom. The molecule has 128 valence electrons. The molecule has 0 radical (unpaired) electrons. The Bertz CT molecular complexity index is 880. The summed E-state index contributed by atoms with van der Waals surface area (Å²) in [6, 6.07) is 9.31. The van der Waals surface area contributed by atoms with E-state index in [0.717, 1.165) is 0 Å². The number of carbonyl (C=O) groups excluding carboxylic acids is 1. The zero-order valence-electron chi connectivity index (χ0n) is 13.3. The van der Waals surface area contributed by atoms with E-state index in [1.165, 1.54) is 32.4 Å². The molecule has 0 atom stereocenters. The normalized spacial score (nSPS) is 11.0. The highest BCUT2D eigenvalue weighted by molar-refractivity contribution is 9.10. The number of ether oxygens (including phenoxy) is 2. The lowest BCUT2D eigenvalue weighted by atomic mass is 10.2. The third-order valence-corrected chi connectivity index (χ3v) is 5.29. The van der Waals surface area contributed by atoms with E-state index < -0.39 is 15.9 Å². The van der Waals surface area contributed by atoms with Crippen molar-refractivity contribution in [1.82, 2.24) is 4.72 Å². The van der Waals surface area contributed by atoms with Crippen LogP contribution in [0.1, 0.15) is 15.9 Å². The molecule has 1 N–H and O–H groups in total. The molecule has 24 heavy (non-hydrogen) atoms. The van der Waals surface area contributed by atoms with Crippen LogP contribution in [0.4, 0.5) is 0 Å². The molecule has 1 amide bonds. The Labute approximate surface area is 149 Å². The van der Waals surface area contributed by atoms with Crippen LogP contribution in [0.5, 0.6) is 11.5 Å². The summed E-state index contributed by atoms with van der Waals surface area (Å²) >= 11 is 3.23. The second-order valence-electron chi connectivity index (χ2n) is 4.91. The molecular formula is C16H16BrNO5S. The van der Waals surface area contributed by atoms with Gasteiger partial charge >= 0.3 is 0 Å². The van der Waals surface area contributed by atoms with Gasteiger partial charge in [-0.05, 0) is 36.8 Å². The van der Waals surface area contributed by atoms with Crippen LogP contribution in [0.2, 0.25) is 0 Å². The summed E-state index contributed by atoms with van der Waals surface area (Å²) in [6.45, 7) is 1.65. The highest BCUT2D eigenvalue weighted by atomic mass is 79.9. The van der Waals surface area contributed by atoms with Gasteiger partial charge in [0, 0.05) is 10.5 Å². The van der Waals surface area contributed by atoms with Crippen molar-refractivity contribution in [3.8, 4) is 11.5 Å². The van der Waals surface area contributed by atoms with Gasteiger partial charge in [0.2, 0.25) is 0 Å². The molecule has 0 fully saturated rings. The van der Waals surface area contributed by atoms with Gasteiger partial charge in [0.25, 0.3) is 15.9 Å². The number of hydrogen-bond acceptors (Lipinski definition) is 5. The van der Waals surface area contributed by atoms with Crippen molar-refractivity contribution in [2.75, 3.05) is 14.2 Å². The van der Waals surface area contributed by atoms with Crippen LogP contribution in [-0.4, -0.2) is 28.5 Å². The zero-order chi connectivity index (χ0) is 17.9. The van der Waals surface area contributed by atoms with E-state index in [1.807, 2.05) is 0 Å². The lowest BCUT2D eigenvalue weighted by Gasteiger charge is -2.12. The molecule has 2 aromatic rings. The molecule has 0 aliphatic heterocycles. The molecule has 0 heterocycles.